The van der Waals surface area contributed by atoms with Crippen molar-refractivity contribution in [1.29, 1.82) is 0 Å². The number of rotatable bonds is 11. The van der Waals surface area contributed by atoms with Crippen LogP contribution < -0.4 is 4.74 Å². The van der Waals surface area contributed by atoms with Crippen LogP contribution in [0.1, 0.15) is 89.5 Å². The zero-order valence-corrected chi connectivity index (χ0v) is 20.3. The second-order valence-corrected chi connectivity index (χ2v) is 9.32. The molecule has 186 valence electrons. The molecule has 5 heteroatoms. The lowest BCUT2D eigenvalue weighted by molar-refractivity contribution is 0.285. The van der Waals surface area contributed by atoms with E-state index in [0.717, 1.165) is 51.4 Å². The van der Waals surface area contributed by atoms with E-state index in [9.17, 15) is 17.6 Å². The molecule has 0 amide bonds. The molecule has 1 fully saturated rings. The molecular formula is C29H36F4O. The maximum absolute atomic E-state index is 15.0. The van der Waals surface area contributed by atoms with Crippen molar-refractivity contribution in [3.8, 4) is 16.9 Å². The van der Waals surface area contributed by atoms with Gasteiger partial charge in [0.1, 0.15) is 0 Å². The van der Waals surface area contributed by atoms with E-state index < -0.39 is 23.3 Å². The smallest absolute Gasteiger partial charge is 0.201 e. The van der Waals surface area contributed by atoms with Gasteiger partial charge in [-0.15, -0.1) is 0 Å². The lowest BCUT2D eigenvalue weighted by atomic mass is 9.78. The minimum absolute atomic E-state index is 0.0654. The van der Waals surface area contributed by atoms with Crippen molar-refractivity contribution in [3.63, 3.8) is 0 Å². The quantitative estimate of drug-likeness (QED) is 0.178. The first-order valence-electron chi connectivity index (χ1n) is 12.7. The summed E-state index contributed by atoms with van der Waals surface area (Å²) >= 11 is 0. The standard InChI is InChI=1S/C29H36F4O/c1-3-5-6-7-8-9-19-34-25-18-17-24(28(32)29(25)33)23-16-15-22(26(30)27(23)31)21-13-11-20(10-4-2)12-14-21/h4,10,15-18,20-21H,3,5-9,11-14,19H2,1-2H3/b10-4+. The molecule has 0 atom stereocenters. The maximum atomic E-state index is 15.0. The third-order valence-corrected chi connectivity index (χ3v) is 6.88. The predicted octanol–water partition coefficient (Wildman–Crippen LogP) is 9.50. The highest BCUT2D eigenvalue weighted by atomic mass is 19.2. The number of unbranched alkanes of at least 4 members (excludes halogenated alkanes) is 5. The average Bonchev–Trinajstić information content (AvgIpc) is 2.84. The van der Waals surface area contributed by atoms with Crippen molar-refractivity contribution in [2.75, 3.05) is 6.61 Å². The van der Waals surface area contributed by atoms with Gasteiger partial charge < -0.3 is 4.74 Å². The summed E-state index contributed by atoms with van der Waals surface area (Å²) in [6.45, 7) is 4.42. The maximum Gasteiger partial charge on any atom is 0.201 e. The molecule has 34 heavy (non-hydrogen) atoms. The van der Waals surface area contributed by atoms with Crippen molar-refractivity contribution < 1.29 is 22.3 Å². The van der Waals surface area contributed by atoms with Crippen molar-refractivity contribution in [1.82, 2.24) is 0 Å². The molecule has 0 unspecified atom stereocenters. The Labute approximate surface area is 201 Å². The van der Waals surface area contributed by atoms with Crippen LogP contribution in [0.4, 0.5) is 17.6 Å². The summed E-state index contributed by atoms with van der Waals surface area (Å²) in [5.41, 5.74) is -0.258. The van der Waals surface area contributed by atoms with Gasteiger partial charge in [-0.1, -0.05) is 63.3 Å². The third-order valence-electron chi connectivity index (χ3n) is 6.88. The summed E-state index contributed by atoms with van der Waals surface area (Å²) in [6, 6.07) is 5.43. The second-order valence-electron chi connectivity index (χ2n) is 9.32. The van der Waals surface area contributed by atoms with Crippen LogP contribution >= 0.6 is 0 Å². The highest BCUT2D eigenvalue weighted by molar-refractivity contribution is 5.66. The fourth-order valence-corrected chi connectivity index (χ4v) is 4.90. The van der Waals surface area contributed by atoms with Gasteiger partial charge in [0.2, 0.25) is 5.82 Å². The number of hydrogen-bond acceptors (Lipinski definition) is 1. The molecule has 0 aromatic heterocycles. The molecule has 3 rings (SSSR count). The molecule has 2 aromatic carbocycles. The van der Waals surface area contributed by atoms with E-state index in [-0.39, 0.29) is 29.4 Å². The van der Waals surface area contributed by atoms with Crippen LogP contribution in [-0.4, -0.2) is 6.61 Å². The highest BCUT2D eigenvalue weighted by Gasteiger charge is 2.27. The fourth-order valence-electron chi connectivity index (χ4n) is 4.90. The summed E-state index contributed by atoms with van der Waals surface area (Å²) in [5, 5.41) is 0. The summed E-state index contributed by atoms with van der Waals surface area (Å²) < 4.78 is 64.8. The Kier molecular flexibility index (Phi) is 10.0. The molecule has 2 aromatic rings. The number of halogens is 4. The van der Waals surface area contributed by atoms with E-state index in [1.807, 2.05) is 13.0 Å². The predicted molar refractivity (Wildman–Crippen MR) is 130 cm³/mol. The van der Waals surface area contributed by atoms with Gasteiger partial charge in [0, 0.05) is 11.1 Å². The van der Waals surface area contributed by atoms with Crippen LogP contribution in [0.15, 0.2) is 36.4 Å². The molecule has 0 radical (unpaired) electrons. The molecule has 0 spiro atoms. The van der Waals surface area contributed by atoms with Crippen LogP contribution in [0.25, 0.3) is 11.1 Å². The summed E-state index contributed by atoms with van der Waals surface area (Å²) in [6.07, 6.45) is 13.9. The van der Waals surface area contributed by atoms with Gasteiger partial charge in [-0.05, 0) is 68.6 Å². The monoisotopic (exact) mass is 476 g/mol. The molecule has 0 N–H and O–H groups in total. The summed E-state index contributed by atoms with van der Waals surface area (Å²) in [7, 11) is 0. The summed E-state index contributed by atoms with van der Waals surface area (Å²) in [4.78, 5) is 0. The fraction of sp³-hybridized carbons (Fsp3) is 0.517. The van der Waals surface area contributed by atoms with Crippen LogP contribution in [0.2, 0.25) is 0 Å². The molecular weight excluding hydrogens is 440 g/mol. The van der Waals surface area contributed by atoms with E-state index in [4.69, 9.17) is 4.74 Å². The third kappa shape index (κ3) is 6.43. The van der Waals surface area contributed by atoms with E-state index >= 15 is 0 Å². The first-order valence-corrected chi connectivity index (χ1v) is 12.7. The molecule has 0 saturated heterocycles. The van der Waals surface area contributed by atoms with Crippen LogP contribution in [-0.2, 0) is 0 Å². The van der Waals surface area contributed by atoms with Gasteiger partial charge in [-0.25, -0.2) is 13.2 Å². The van der Waals surface area contributed by atoms with Gasteiger partial charge >= 0.3 is 0 Å². The highest BCUT2D eigenvalue weighted by Crippen LogP contribution is 2.40. The second kappa shape index (κ2) is 13.0. The first kappa shape index (κ1) is 26.3. The van der Waals surface area contributed by atoms with Crippen molar-refractivity contribution in [3.05, 3.63) is 65.2 Å². The minimum atomic E-state index is -1.22. The minimum Gasteiger partial charge on any atom is -0.490 e. The van der Waals surface area contributed by atoms with Gasteiger partial charge in [0.25, 0.3) is 0 Å². The molecule has 0 heterocycles. The van der Waals surface area contributed by atoms with Gasteiger partial charge in [0.15, 0.2) is 23.2 Å². The largest absolute Gasteiger partial charge is 0.490 e. The van der Waals surface area contributed by atoms with E-state index in [0.29, 0.717) is 11.5 Å². The van der Waals surface area contributed by atoms with Crippen LogP contribution in [0, 0.1) is 29.2 Å². The Balaban J connectivity index is 1.68. The zero-order valence-electron chi connectivity index (χ0n) is 20.3. The van der Waals surface area contributed by atoms with Crippen molar-refractivity contribution >= 4 is 0 Å². The molecule has 0 aliphatic heterocycles. The number of allylic oxidation sites excluding steroid dienone is 2. The molecule has 1 aliphatic rings. The average molecular weight is 477 g/mol. The number of hydrogen-bond donors (Lipinski definition) is 0. The number of benzene rings is 2. The van der Waals surface area contributed by atoms with Gasteiger partial charge in [-0.3, -0.25) is 0 Å². The Hall–Kier alpha value is -2.30. The molecule has 1 saturated carbocycles. The SMILES string of the molecule is C/C=C/C1CCC(c2ccc(-c3ccc(OCCCCCCCC)c(F)c3F)c(F)c2F)CC1. The van der Waals surface area contributed by atoms with Gasteiger partial charge in [0.05, 0.1) is 6.61 Å². The van der Waals surface area contributed by atoms with Crippen LogP contribution in [0.5, 0.6) is 5.75 Å². The van der Waals surface area contributed by atoms with Crippen molar-refractivity contribution in [2.24, 2.45) is 5.92 Å². The molecule has 1 aliphatic carbocycles. The number of ether oxygens (including phenoxy) is 1. The Bertz CT molecular complexity index is 961. The molecule has 1 nitrogen and oxygen atoms in total. The molecule has 0 bridgehead atoms. The Morgan fingerprint density at radius 2 is 1.38 bits per heavy atom. The van der Waals surface area contributed by atoms with Crippen molar-refractivity contribution in [2.45, 2.75) is 84.0 Å². The Morgan fingerprint density at radius 3 is 2.06 bits per heavy atom. The zero-order chi connectivity index (χ0) is 24.5. The van der Waals surface area contributed by atoms with Gasteiger partial charge in [-0.2, -0.15) is 4.39 Å². The van der Waals surface area contributed by atoms with E-state index in [2.05, 4.69) is 13.0 Å². The topological polar surface area (TPSA) is 9.23 Å². The lowest BCUT2D eigenvalue weighted by Gasteiger charge is -2.27. The normalized spacial score (nSPS) is 18.5. The van der Waals surface area contributed by atoms with E-state index in [1.54, 1.807) is 0 Å². The Morgan fingerprint density at radius 1 is 0.765 bits per heavy atom. The lowest BCUT2D eigenvalue weighted by Crippen LogP contribution is -2.13. The summed E-state index contributed by atoms with van der Waals surface area (Å²) in [5.74, 6) is -4.28. The van der Waals surface area contributed by atoms with Crippen LogP contribution in [0.3, 0.4) is 0 Å². The first-order chi connectivity index (χ1) is 16.5. The van der Waals surface area contributed by atoms with E-state index in [1.165, 1.54) is 37.1 Å².